The van der Waals surface area contributed by atoms with Crippen LogP contribution in [0.1, 0.15) is 0 Å². The summed E-state index contributed by atoms with van der Waals surface area (Å²) < 4.78 is 30.9. The zero-order valence-electron chi connectivity index (χ0n) is 7.91. The molecule has 1 aromatic rings. The van der Waals surface area contributed by atoms with Gasteiger partial charge in [0, 0.05) is 31.3 Å². The van der Waals surface area contributed by atoms with E-state index in [1.54, 1.807) is 0 Å². The Labute approximate surface area is 85.7 Å². The van der Waals surface area contributed by atoms with Crippen LogP contribution in [0.4, 0.5) is 8.78 Å². The number of aliphatic hydroxyl groups excluding tert-OH is 1. The Morgan fingerprint density at radius 2 is 1.87 bits per heavy atom. The molecule has 0 spiro atoms. The van der Waals surface area contributed by atoms with Crippen molar-refractivity contribution in [2.75, 3.05) is 13.1 Å². The number of β-amino-alcohol motifs (C(OH)–C–C–N with tert-alkyl or cyclic N) is 1. The summed E-state index contributed by atoms with van der Waals surface area (Å²) >= 11 is 0. The summed E-state index contributed by atoms with van der Waals surface area (Å²) in [4.78, 5) is 0. The number of ether oxygens (including phenoxy) is 1. The highest BCUT2D eigenvalue weighted by Gasteiger charge is 2.26. The van der Waals surface area contributed by atoms with Gasteiger partial charge in [-0.3, -0.25) is 0 Å². The molecule has 0 aliphatic carbocycles. The Morgan fingerprint density at radius 3 is 2.40 bits per heavy atom. The Balaban J connectivity index is 2.10. The lowest BCUT2D eigenvalue weighted by Gasteiger charge is -2.16. The zero-order chi connectivity index (χ0) is 10.8. The van der Waals surface area contributed by atoms with Gasteiger partial charge in [-0.25, -0.2) is 8.78 Å². The predicted molar refractivity (Wildman–Crippen MR) is 49.7 cm³/mol. The van der Waals surface area contributed by atoms with Crippen LogP contribution in [0.15, 0.2) is 18.2 Å². The molecule has 0 bridgehead atoms. The number of rotatable bonds is 2. The van der Waals surface area contributed by atoms with Gasteiger partial charge in [0.2, 0.25) is 0 Å². The van der Waals surface area contributed by atoms with E-state index in [0.717, 1.165) is 18.2 Å². The van der Waals surface area contributed by atoms with Crippen molar-refractivity contribution in [2.24, 2.45) is 0 Å². The van der Waals surface area contributed by atoms with Crippen LogP contribution in [0.5, 0.6) is 5.75 Å². The summed E-state index contributed by atoms with van der Waals surface area (Å²) in [6, 6.07) is 2.96. The van der Waals surface area contributed by atoms with Crippen molar-refractivity contribution in [2.45, 2.75) is 12.2 Å². The van der Waals surface area contributed by atoms with Crippen molar-refractivity contribution in [1.82, 2.24) is 5.32 Å². The Kier molecular flexibility index (Phi) is 2.83. The smallest absolute Gasteiger partial charge is 0.138 e. The van der Waals surface area contributed by atoms with E-state index in [4.69, 9.17) is 4.74 Å². The standard InChI is InChI=1S/C10H11F2NO2/c11-6-1-7(12)3-8(2-6)15-10-5-13-4-9(10)14/h1-3,9-10,13-14H,4-5H2. The molecule has 0 amide bonds. The van der Waals surface area contributed by atoms with Gasteiger partial charge in [-0.1, -0.05) is 0 Å². The molecule has 1 fully saturated rings. The Morgan fingerprint density at radius 1 is 1.20 bits per heavy atom. The number of aliphatic hydroxyl groups is 1. The van der Waals surface area contributed by atoms with Gasteiger partial charge in [-0.2, -0.15) is 0 Å². The average Bonchev–Trinajstić information content (AvgIpc) is 2.50. The second-order valence-electron chi connectivity index (χ2n) is 3.49. The second kappa shape index (κ2) is 4.12. The van der Waals surface area contributed by atoms with Gasteiger partial charge in [0.1, 0.15) is 29.6 Å². The highest BCUT2D eigenvalue weighted by Crippen LogP contribution is 2.18. The van der Waals surface area contributed by atoms with Crippen LogP contribution in [-0.4, -0.2) is 30.4 Å². The molecule has 2 atom stereocenters. The van der Waals surface area contributed by atoms with Crippen molar-refractivity contribution >= 4 is 0 Å². The fourth-order valence-electron chi connectivity index (χ4n) is 1.53. The monoisotopic (exact) mass is 215 g/mol. The highest BCUT2D eigenvalue weighted by atomic mass is 19.1. The van der Waals surface area contributed by atoms with Gasteiger partial charge in [0.15, 0.2) is 0 Å². The molecule has 2 N–H and O–H groups in total. The fourth-order valence-corrected chi connectivity index (χ4v) is 1.53. The van der Waals surface area contributed by atoms with E-state index < -0.39 is 23.8 Å². The van der Waals surface area contributed by atoms with E-state index in [2.05, 4.69) is 5.32 Å². The minimum Gasteiger partial charge on any atom is -0.486 e. The molecule has 1 aliphatic rings. The van der Waals surface area contributed by atoms with Crippen molar-refractivity contribution < 1.29 is 18.6 Å². The molecule has 0 radical (unpaired) electrons. The molecule has 1 aliphatic heterocycles. The van der Waals surface area contributed by atoms with Crippen LogP contribution < -0.4 is 10.1 Å². The molecule has 1 heterocycles. The summed E-state index contributed by atoms with van der Waals surface area (Å²) in [7, 11) is 0. The first-order valence-corrected chi connectivity index (χ1v) is 4.66. The number of hydrogen-bond donors (Lipinski definition) is 2. The van der Waals surface area contributed by atoms with Gasteiger partial charge < -0.3 is 15.2 Å². The molecule has 15 heavy (non-hydrogen) atoms. The number of nitrogens with one attached hydrogen (secondary N) is 1. The summed E-state index contributed by atoms with van der Waals surface area (Å²) in [6.07, 6.45) is -1.09. The van der Waals surface area contributed by atoms with E-state index in [1.807, 2.05) is 0 Å². The maximum Gasteiger partial charge on any atom is 0.138 e. The molecule has 0 aromatic heterocycles. The quantitative estimate of drug-likeness (QED) is 0.762. The maximum absolute atomic E-state index is 12.8. The van der Waals surface area contributed by atoms with Gasteiger partial charge in [0.25, 0.3) is 0 Å². The van der Waals surface area contributed by atoms with Crippen LogP contribution >= 0.6 is 0 Å². The van der Waals surface area contributed by atoms with Crippen LogP contribution in [0.3, 0.4) is 0 Å². The molecule has 1 saturated heterocycles. The van der Waals surface area contributed by atoms with Crippen LogP contribution in [0, 0.1) is 11.6 Å². The maximum atomic E-state index is 12.8. The molecular weight excluding hydrogens is 204 g/mol. The minimum absolute atomic E-state index is 0.0975. The number of benzene rings is 1. The molecule has 3 nitrogen and oxygen atoms in total. The van der Waals surface area contributed by atoms with Crippen LogP contribution in [0.2, 0.25) is 0 Å². The molecule has 5 heteroatoms. The first-order chi connectivity index (χ1) is 7.15. The molecule has 2 rings (SSSR count). The van der Waals surface area contributed by atoms with E-state index in [1.165, 1.54) is 0 Å². The average molecular weight is 215 g/mol. The van der Waals surface area contributed by atoms with E-state index in [-0.39, 0.29) is 5.75 Å². The summed E-state index contributed by atoms with van der Waals surface area (Å²) in [6.45, 7) is 0.905. The van der Waals surface area contributed by atoms with E-state index >= 15 is 0 Å². The van der Waals surface area contributed by atoms with Crippen molar-refractivity contribution in [3.05, 3.63) is 29.8 Å². The van der Waals surface area contributed by atoms with E-state index in [9.17, 15) is 13.9 Å². The SMILES string of the molecule is OC1CNCC1Oc1cc(F)cc(F)c1. The summed E-state index contributed by atoms with van der Waals surface area (Å²) in [5.74, 6) is -1.28. The van der Waals surface area contributed by atoms with Crippen LogP contribution in [-0.2, 0) is 0 Å². The number of hydrogen-bond acceptors (Lipinski definition) is 3. The predicted octanol–water partition coefficient (Wildman–Crippen LogP) is 0.676. The van der Waals surface area contributed by atoms with Crippen molar-refractivity contribution in [1.29, 1.82) is 0 Å². The topological polar surface area (TPSA) is 41.5 Å². The molecule has 0 saturated carbocycles. The summed E-state index contributed by atoms with van der Waals surface area (Å²) in [5, 5.41) is 12.3. The van der Waals surface area contributed by atoms with E-state index in [0.29, 0.717) is 13.1 Å². The second-order valence-corrected chi connectivity index (χ2v) is 3.49. The largest absolute Gasteiger partial charge is 0.486 e. The lowest BCUT2D eigenvalue weighted by molar-refractivity contribution is 0.0733. The third-order valence-electron chi connectivity index (χ3n) is 2.25. The lowest BCUT2D eigenvalue weighted by Crippen LogP contribution is -2.29. The third-order valence-corrected chi connectivity index (χ3v) is 2.25. The zero-order valence-corrected chi connectivity index (χ0v) is 7.91. The first-order valence-electron chi connectivity index (χ1n) is 4.66. The van der Waals surface area contributed by atoms with Gasteiger partial charge in [-0.05, 0) is 0 Å². The summed E-state index contributed by atoms with van der Waals surface area (Å²) in [5.41, 5.74) is 0. The fraction of sp³-hybridized carbons (Fsp3) is 0.400. The van der Waals surface area contributed by atoms with Crippen molar-refractivity contribution in [3.8, 4) is 5.75 Å². The first kappa shape index (κ1) is 10.3. The van der Waals surface area contributed by atoms with Crippen molar-refractivity contribution in [3.63, 3.8) is 0 Å². The normalized spacial score (nSPS) is 25.5. The lowest BCUT2D eigenvalue weighted by atomic mass is 10.2. The number of halogens is 2. The Bertz CT molecular complexity index is 339. The third kappa shape index (κ3) is 2.43. The Hall–Kier alpha value is -1.20. The van der Waals surface area contributed by atoms with Crippen LogP contribution in [0.25, 0.3) is 0 Å². The molecular formula is C10H11F2NO2. The van der Waals surface area contributed by atoms with Gasteiger partial charge >= 0.3 is 0 Å². The van der Waals surface area contributed by atoms with Gasteiger partial charge in [-0.15, -0.1) is 0 Å². The van der Waals surface area contributed by atoms with Gasteiger partial charge in [0.05, 0.1) is 0 Å². The minimum atomic E-state index is -0.689. The highest BCUT2D eigenvalue weighted by molar-refractivity contribution is 5.24. The molecule has 2 unspecified atom stereocenters. The molecule has 82 valence electrons. The molecule has 1 aromatic carbocycles.